The third-order valence-electron chi connectivity index (χ3n) is 6.76. The molecule has 10 heteroatoms. The quantitative estimate of drug-likeness (QED) is 0.226. The second kappa shape index (κ2) is 11.8. The van der Waals surface area contributed by atoms with Crippen molar-refractivity contribution in [2.45, 2.75) is 50.4 Å². The number of halogens is 3. The summed E-state index contributed by atoms with van der Waals surface area (Å²) in [4.78, 5) is 13.4. The monoisotopic (exact) mass is 536 g/mol. The summed E-state index contributed by atoms with van der Waals surface area (Å²) < 4.78 is 41.8. The van der Waals surface area contributed by atoms with Crippen LogP contribution >= 0.6 is 0 Å². The van der Waals surface area contributed by atoms with Crippen molar-refractivity contribution in [2.75, 3.05) is 37.3 Å². The maximum Gasteiger partial charge on any atom is 0.406 e. The van der Waals surface area contributed by atoms with Gasteiger partial charge in [-0.1, -0.05) is 12.0 Å². The molecule has 1 aliphatic heterocycles. The highest BCUT2D eigenvalue weighted by Gasteiger charge is 2.30. The molecule has 2 heterocycles. The molecule has 0 amide bonds. The van der Waals surface area contributed by atoms with Gasteiger partial charge in [-0.05, 0) is 94.2 Å². The zero-order valence-corrected chi connectivity index (χ0v) is 22.1. The Balaban J connectivity index is 1.59. The van der Waals surface area contributed by atoms with Crippen LogP contribution in [0.15, 0.2) is 42.5 Å². The molecule has 1 unspecified atom stereocenters. The molecule has 1 aromatic heterocycles. The van der Waals surface area contributed by atoms with Crippen molar-refractivity contribution in [2.24, 2.45) is 0 Å². The highest BCUT2D eigenvalue weighted by Crippen LogP contribution is 2.31. The van der Waals surface area contributed by atoms with Gasteiger partial charge in [-0.15, -0.1) is 0 Å². The van der Waals surface area contributed by atoms with Crippen LogP contribution in [-0.2, 0) is 13.0 Å². The number of aliphatic hydroxyl groups is 1. The van der Waals surface area contributed by atoms with Gasteiger partial charge in [-0.3, -0.25) is 4.79 Å². The molecule has 3 N–H and O–H groups in total. The number of fused-ring (bicyclic) bond motifs is 1. The van der Waals surface area contributed by atoms with Crippen LogP contribution in [-0.4, -0.2) is 73.1 Å². The van der Waals surface area contributed by atoms with Gasteiger partial charge in [0.15, 0.2) is 0 Å². The lowest BCUT2D eigenvalue weighted by Gasteiger charge is -2.30. The maximum atomic E-state index is 13.5. The van der Waals surface area contributed by atoms with Gasteiger partial charge in [0, 0.05) is 33.9 Å². The molecule has 6 nitrogen and oxygen atoms in total. The van der Waals surface area contributed by atoms with Gasteiger partial charge in [0.2, 0.25) is 0 Å². The molecule has 1 fully saturated rings. The molecule has 4 rings (SSSR count). The first kappa shape index (κ1) is 28.6. The van der Waals surface area contributed by atoms with Gasteiger partial charge in [0.25, 0.3) is 0 Å². The maximum absolute atomic E-state index is 13.5. The van der Waals surface area contributed by atoms with E-state index in [0.29, 0.717) is 34.0 Å². The lowest BCUT2D eigenvalue weighted by Crippen LogP contribution is -2.36. The van der Waals surface area contributed by atoms with Crippen LogP contribution in [0, 0.1) is 11.8 Å². The van der Waals surface area contributed by atoms with Crippen LogP contribution in [0.3, 0.4) is 0 Å². The zero-order chi connectivity index (χ0) is 28.2. The molecule has 1 saturated heterocycles. The van der Waals surface area contributed by atoms with Gasteiger partial charge in [0.05, 0.1) is 17.8 Å². The number of likely N-dealkylation sites (tertiary alicyclic amines) is 1. The molecular formula is C29H32BF3N4O2. The molecular weight excluding hydrogens is 504 g/mol. The Morgan fingerprint density at radius 3 is 2.56 bits per heavy atom. The first-order chi connectivity index (χ1) is 18.4. The predicted molar refractivity (Wildman–Crippen MR) is 149 cm³/mol. The number of hydrogen-bond acceptors (Lipinski definition) is 5. The standard InChI is InChI=1S/C29H32BF3N4O2/c1-28(30,39)17-21-15-20(18-38)8-9-25(21)34-12-4-5-23-16-24-26(35-22-10-13-36(2)14-11-22)6-3-7-27(24)37(23)19-29(31,32)33/h3,6-9,15-16,18,22,34-35,39H,10-14,17,19H2,1-2H3. The van der Waals surface area contributed by atoms with Crippen molar-refractivity contribution >= 4 is 36.4 Å². The van der Waals surface area contributed by atoms with Crippen LogP contribution in [0.5, 0.6) is 0 Å². The first-order valence-electron chi connectivity index (χ1n) is 12.9. The van der Waals surface area contributed by atoms with Crippen molar-refractivity contribution < 1.29 is 23.1 Å². The Labute approximate surface area is 228 Å². The number of carbonyl (C=O) groups excluding carboxylic acids is 1. The topological polar surface area (TPSA) is 69.5 Å². The van der Waals surface area contributed by atoms with Crippen LogP contribution < -0.4 is 10.6 Å². The Kier molecular flexibility index (Phi) is 8.62. The number of nitrogens with one attached hydrogen (secondary N) is 2. The predicted octanol–water partition coefficient (Wildman–Crippen LogP) is 4.41. The second-order valence-electron chi connectivity index (χ2n) is 10.4. The summed E-state index contributed by atoms with van der Waals surface area (Å²) in [5.41, 5.74) is 1.75. The third kappa shape index (κ3) is 7.81. The number of rotatable bonds is 8. The van der Waals surface area contributed by atoms with Crippen LogP contribution in [0.25, 0.3) is 10.9 Å². The molecule has 2 aromatic carbocycles. The molecule has 39 heavy (non-hydrogen) atoms. The molecule has 0 aliphatic carbocycles. The van der Waals surface area contributed by atoms with E-state index in [9.17, 15) is 23.1 Å². The molecule has 0 spiro atoms. The number of alkyl halides is 3. The number of hydrogen-bond donors (Lipinski definition) is 3. The van der Waals surface area contributed by atoms with Crippen molar-refractivity contribution in [1.29, 1.82) is 0 Å². The Bertz CT molecular complexity index is 1380. The SMILES string of the molecule is [B]C(C)(O)Cc1cc(C=O)ccc1NCC#Cc1cc2c(NC3CCN(C)CC3)cccc2n1CC(F)(F)F. The molecule has 0 saturated carbocycles. The fourth-order valence-corrected chi connectivity index (χ4v) is 4.90. The summed E-state index contributed by atoms with van der Waals surface area (Å²) in [5, 5.41) is 17.4. The van der Waals surface area contributed by atoms with Gasteiger partial charge in [-0.25, -0.2) is 0 Å². The zero-order valence-electron chi connectivity index (χ0n) is 22.1. The van der Waals surface area contributed by atoms with Crippen molar-refractivity contribution in [1.82, 2.24) is 9.47 Å². The normalized spacial score (nSPS) is 16.4. The van der Waals surface area contributed by atoms with Gasteiger partial charge < -0.3 is 25.2 Å². The minimum Gasteiger partial charge on any atom is -0.400 e. The fourth-order valence-electron chi connectivity index (χ4n) is 4.90. The van der Waals surface area contributed by atoms with E-state index >= 15 is 0 Å². The number of piperidine rings is 1. The van der Waals surface area contributed by atoms with E-state index in [0.717, 1.165) is 31.6 Å². The molecule has 0 bridgehead atoms. The highest BCUT2D eigenvalue weighted by molar-refractivity contribution is 6.14. The van der Waals surface area contributed by atoms with E-state index < -0.39 is 18.2 Å². The van der Waals surface area contributed by atoms with Crippen LogP contribution in [0.2, 0.25) is 0 Å². The molecule has 1 atom stereocenters. The minimum atomic E-state index is -4.41. The van der Waals surface area contributed by atoms with E-state index in [1.165, 1.54) is 11.5 Å². The van der Waals surface area contributed by atoms with Gasteiger partial charge in [-0.2, -0.15) is 13.2 Å². The fraction of sp³-hybridized carbons (Fsp3) is 0.414. The summed E-state index contributed by atoms with van der Waals surface area (Å²) in [6.45, 7) is 2.38. The third-order valence-corrected chi connectivity index (χ3v) is 6.76. The average Bonchev–Trinajstić information content (AvgIpc) is 3.19. The minimum absolute atomic E-state index is 0.0946. The Morgan fingerprint density at radius 2 is 1.90 bits per heavy atom. The first-order valence-corrected chi connectivity index (χ1v) is 12.9. The van der Waals surface area contributed by atoms with Crippen molar-refractivity contribution in [3.63, 3.8) is 0 Å². The number of carbonyl (C=O) groups is 1. The summed E-state index contributed by atoms with van der Waals surface area (Å²) in [7, 11) is 7.83. The van der Waals surface area contributed by atoms with E-state index in [-0.39, 0.29) is 24.7 Å². The number of aromatic nitrogens is 1. The summed E-state index contributed by atoms with van der Waals surface area (Å²) >= 11 is 0. The molecule has 3 aromatic rings. The molecule has 204 valence electrons. The number of anilines is 2. The van der Waals surface area contributed by atoms with Crippen LogP contribution in [0.1, 0.15) is 41.4 Å². The Hall–Kier alpha value is -3.42. The lowest BCUT2D eigenvalue weighted by atomic mass is 9.78. The molecule has 2 radical (unpaired) electrons. The molecule has 1 aliphatic rings. The van der Waals surface area contributed by atoms with Crippen molar-refractivity contribution in [3.05, 3.63) is 59.3 Å². The van der Waals surface area contributed by atoms with Gasteiger partial charge in [0.1, 0.15) is 20.7 Å². The summed E-state index contributed by atoms with van der Waals surface area (Å²) in [6, 6.07) is 12.3. The van der Waals surface area contributed by atoms with E-state index in [2.05, 4.69) is 34.4 Å². The largest absolute Gasteiger partial charge is 0.406 e. The van der Waals surface area contributed by atoms with Gasteiger partial charge >= 0.3 is 6.18 Å². The number of benzene rings is 2. The van der Waals surface area contributed by atoms with E-state index in [1.54, 1.807) is 36.4 Å². The smallest absolute Gasteiger partial charge is 0.400 e. The van der Waals surface area contributed by atoms with E-state index in [1.807, 2.05) is 6.07 Å². The lowest BCUT2D eigenvalue weighted by molar-refractivity contribution is -0.140. The average molecular weight is 536 g/mol. The number of nitrogens with zero attached hydrogens (tertiary/aromatic N) is 2. The van der Waals surface area contributed by atoms with Crippen LogP contribution in [0.4, 0.5) is 24.5 Å². The second-order valence-corrected chi connectivity index (χ2v) is 10.4. The van der Waals surface area contributed by atoms with Crippen molar-refractivity contribution in [3.8, 4) is 11.8 Å². The summed E-state index contributed by atoms with van der Waals surface area (Å²) in [5.74, 6) is 5.83. The van der Waals surface area contributed by atoms with E-state index in [4.69, 9.17) is 7.85 Å². The number of aldehydes is 1. The Morgan fingerprint density at radius 1 is 1.15 bits per heavy atom. The summed E-state index contributed by atoms with van der Waals surface area (Å²) in [6.07, 6.45) is -1.69. The highest BCUT2D eigenvalue weighted by atomic mass is 19.4.